The van der Waals surface area contributed by atoms with Crippen LogP contribution < -0.4 is 5.32 Å². The van der Waals surface area contributed by atoms with Gasteiger partial charge in [0.1, 0.15) is 0 Å². The van der Waals surface area contributed by atoms with Gasteiger partial charge < -0.3 is 10.4 Å². The molecule has 1 aliphatic rings. The van der Waals surface area contributed by atoms with Gasteiger partial charge in [0.15, 0.2) is 0 Å². The van der Waals surface area contributed by atoms with E-state index in [1.807, 2.05) is 0 Å². The molecule has 2 rings (SSSR count). The Balaban J connectivity index is 1.90. The number of rotatable bonds is 5. The quantitative estimate of drug-likeness (QED) is 0.852. The first-order valence-electron chi connectivity index (χ1n) is 7.53. The van der Waals surface area contributed by atoms with Gasteiger partial charge in [0.25, 0.3) is 0 Å². The maximum absolute atomic E-state index is 9.36. The zero-order valence-corrected chi connectivity index (χ0v) is 12.4. The van der Waals surface area contributed by atoms with E-state index in [9.17, 15) is 5.11 Å². The van der Waals surface area contributed by atoms with Crippen LogP contribution in [0.2, 0.25) is 0 Å². The topological polar surface area (TPSA) is 32.3 Å². The average molecular weight is 261 g/mol. The summed E-state index contributed by atoms with van der Waals surface area (Å²) in [5.74, 6) is 1.17. The molecule has 106 valence electrons. The van der Waals surface area contributed by atoms with Gasteiger partial charge in [-0.1, -0.05) is 24.6 Å². The summed E-state index contributed by atoms with van der Waals surface area (Å²) in [6.45, 7) is 7.93. The van der Waals surface area contributed by atoms with Crippen LogP contribution in [0.25, 0.3) is 0 Å². The largest absolute Gasteiger partial charge is 0.396 e. The normalized spacial score (nSPS) is 24.6. The van der Waals surface area contributed by atoms with E-state index in [2.05, 4.69) is 44.3 Å². The Morgan fingerprint density at radius 3 is 2.63 bits per heavy atom. The zero-order chi connectivity index (χ0) is 13.8. The van der Waals surface area contributed by atoms with E-state index >= 15 is 0 Å². The Bertz CT molecular complexity index is 416. The SMILES string of the molecule is Cc1ccc(C(C)NCC2CCCC2CO)cc1C. The average Bonchev–Trinajstić information content (AvgIpc) is 2.86. The molecule has 0 amide bonds. The van der Waals surface area contributed by atoms with Crippen LogP contribution in [0.15, 0.2) is 18.2 Å². The summed E-state index contributed by atoms with van der Waals surface area (Å²) in [4.78, 5) is 0. The fourth-order valence-corrected chi connectivity index (χ4v) is 3.10. The lowest BCUT2D eigenvalue weighted by Gasteiger charge is -2.22. The summed E-state index contributed by atoms with van der Waals surface area (Å²) in [6, 6.07) is 7.09. The van der Waals surface area contributed by atoms with Crippen LogP contribution in [0.4, 0.5) is 0 Å². The van der Waals surface area contributed by atoms with Gasteiger partial charge in [-0.3, -0.25) is 0 Å². The van der Waals surface area contributed by atoms with Gasteiger partial charge in [0.05, 0.1) is 0 Å². The van der Waals surface area contributed by atoms with Crippen LogP contribution in [0.1, 0.15) is 48.9 Å². The summed E-state index contributed by atoms with van der Waals surface area (Å²) >= 11 is 0. The number of benzene rings is 1. The number of aliphatic hydroxyl groups excluding tert-OH is 1. The Labute approximate surface area is 117 Å². The molecule has 2 N–H and O–H groups in total. The van der Waals surface area contributed by atoms with Crippen molar-refractivity contribution in [3.8, 4) is 0 Å². The van der Waals surface area contributed by atoms with Crippen molar-refractivity contribution < 1.29 is 5.11 Å². The van der Waals surface area contributed by atoms with Crippen molar-refractivity contribution in [2.45, 2.75) is 46.1 Å². The van der Waals surface area contributed by atoms with Crippen molar-refractivity contribution in [2.75, 3.05) is 13.2 Å². The highest BCUT2D eigenvalue weighted by molar-refractivity contribution is 5.31. The molecule has 2 nitrogen and oxygen atoms in total. The highest BCUT2D eigenvalue weighted by Gasteiger charge is 2.26. The molecule has 0 saturated heterocycles. The van der Waals surface area contributed by atoms with E-state index < -0.39 is 0 Å². The molecule has 1 aromatic rings. The first kappa shape index (κ1) is 14.5. The van der Waals surface area contributed by atoms with Crippen LogP contribution in [0, 0.1) is 25.7 Å². The van der Waals surface area contributed by atoms with Crippen molar-refractivity contribution in [1.29, 1.82) is 0 Å². The molecule has 0 radical (unpaired) electrons. The van der Waals surface area contributed by atoms with Crippen molar-refractivity contribution in [3.05, 3.63) is 34.9 Å². The molecular formula is C17H27NO. The molecule has 1 aromatic carbocycles. The number of aryl methyl sites for hydroxylation is 2. The molecule has 0 spiro atoms. The smallest absolute Gasteiger partial charge is 0.0462 e. The van der Waals surface area contributed by atoms with E-state index in [-0.39, 0.29) is 0 Å². The van der Waals surface area contributed by atoms with E-state index in [0.717, 1.165) is 6.54 Å². The number of nitrogens with one attached hydrogen (secondary N) is 1. The Hall–Kier alpha value is -0.860. The lowest BCUT2D eigenvalue weighted by atomic mass is 9.96. The molecule has 1 aliphatic carbocycles. The fraction of sp³-hybridized carbons (Fsp3) is 0.647. The van der Waals surface area contributed by atoms with Gasteiger partial charge >= 0.3 is 0 Å². The minimum absolute atomic E-state index is 0.352. The minimum atomic E-state index is 0.352. The molecule has 2 heteroatoms. The van der Waals surface area contributed by atoms with Crippen molar-refractivity contribution in [3.63, 3.8) is 0 Å². The summed E-state index contributed by atoms with van der Waals surface area (Å²) in [6.07, 6.45) is 3.73. The van der Waals surface area contributed by atoms with Gasteiger partial charge in [0, 0.05) is 12.6 Å². The van der Waals surface area contributed by atoms with Gasteiger partial charge in [-0.25, -0.2) is 0 Å². The van der Waals surface area contributed by atoms with Crippen molar-refractivity contribution in [2.24, 2.45) is 11.8 Å². The van der Waals surface area contributed by atoms with Gasteiger partial charge in [-0.2, -0.15) is 0 Å². The van der Waals surface area contributed by atoms with Crippen LogP contribution in [-0.2, 0) is 0 Å². The van der Waals surface area contributed by atoms with Crippen LogP contribution in [-0.4, -0.2) is 18.3 Å². The third kappa shape index (κ3) is 3.58. The van der Waals surface area contributed by atoms with E-state index in [1.165, 1.54) is 36.0 Å². The highest BCUT2D eigenvalue weighted by atomic mass is 16.3. The standard InChI is InChI=1S/C17H27NO/c1-12-7-8-15(9-13(12)2)14(3)18-10-16-5-4-6-17(16)11-19/h7-9,14,16-19H,4-6,10-11H2,1-3H3. The molecule has 0 bridgehead atoms. The summed E-state index contributed by atoms with van der Waals surface area (Å²) < 4.78 is 0. The molecule has 1 fully saturated rings. The first-order chi connectivity index (χ1) is 9.11. The second-order valence-electron chi connectivity index (χ2n) is 6.11. The molecule has 3 atom stereocenters. The third-order valence-corrected chi connectivity index (χ3v) is 4.77. The monoisotopic (exact) mass is 261 g/mol. The first-order valence-corrected chi connectivity index (χ1v) is 7.53. The van der Waals surface area contributed by atoms with Gasteiger partial charge in [0.2, 0.25) is 0 Å². The molecule has 3 unspecified atom stereocenters. The Morgan fingerprint density at radius 2 is 1.95 bits per heavy atom. The number of hydrogen-bond acceptors (Lipinski definition) is 2. The van der Waals surface area contributed by atoms with E-state index in [0.29, 0.717) is 24.5 Å². The Morgan fingerprint density at radius 1 is 1.21 bits per heavy atom. The molecule has 0 heterocycles. The van der Waals surface area contributed by atoms with Crippen molar-refractivity contribution >= 4 is 0 Å². The van der Waals surface area contributed by atoms with E-state index in [4.69, 9.17) is 0 Å². The van der Waals surface area contributed by atoms with Gasteiger partial charge in [-0.05, 0) is 68.7 Å². The maximum atomic E-state index is 9.36. The maximum Gasteiger partial charge on any atom is 0.0462 e. The predicted octanol–water partition coefficient (Wildman–Crippen LogP) is 3.36. The van der Waals surface area contributed by atoms with Crippen LogP contribution in [0.3, 0.4) is 0 Å². The van der Waals surface area contributed by atoms with Crippen molar-refractivity contribution in [1.82, 2.24) is 5.32 Å². The van der Waals surface area contributed by atoms with Crippen LogP contribution in [0.5, 0.6) is 0 Å². The lowest BCUT2D eigenvalue weighted by molar-refractivity contribution is 0.190. The fourth-order valence-electron chi connectivity index (χ4n) is 3.10. The van der Waals surface area contributed by atoms with E-state index in [1.54, 1.807) is 0 Å². The Kier molecular flexibility index (Phi) is 5.00. The molecule has 1 saturated carbocycles. The molecular weight excluding hydrogens is 234 g/mol. The molecule has 0 aromatic heterocycles. The minimum Gasteiger partial charge on any atom is -0.396 e. The zero-order valence-electron chi connectivity index (χ0n) is 12.4. The summed E-state index contributed by atoms with van der Waals surface area (Å²) in [5, 5.41) is 13.0. The van der Waals surface area contributed by atoms with Gasteiger partial charge in [-0.15, -0.1) is 0 Å². The number of aliphatic hydroxyl groups is 1. The summed E-state index contributed by atoms with van der Waals surface area (Å²) in [5.41, 5.74) is 4.08. The van der Waals surface area contributed by atoms with Crippen LogP contribution >= 0.6 is 0 Å². The predicted molar refractivity (Wildman–Crippen MR) is 80.3 cm³/mol. The third-order valence-electron chi connectivity index (χ3n) is 4.77. The summed E-state index contributed by atoms with van der Waals surface area (Å²) in [7, 11) is 0. The second kappa shape index (κ2) is 6.53. The molecule has 0 aliphatic heterocycles. The lowest BCUT2D eigenvalue weighted by Crippen LogP contribution is -2.28. The highest BCUT2D eigenvalue weighted by Crippen LogP contribution is 2.31. The number of hydrogen-bond donors (Lipinski definition) is 2. The molecule has 19 heavy (non-hydrogen) atoms. The second-order valence-corrected chi connectivity index (χ2v) is 6.11.